The first-order valence-corrected chi connectivity index (χ1v) is 5.93. The van der Waals surface area contributed by atoms with Gasteiger partial charge in [0.15, 0.2) is 5.92 Å². The summed E-state index contributed by atoms with van der Waals surface area (Å²) in [6.45, 7) is 0. The summed E-state index contributed by atoms with van der Waals surface area (Å²) in [6, 6.07) is 11.1. The van der Waals surface area contributed by atoms with Crippen molar-refractivity contribution in [2.45, 2.75) is 6.42 Å². The molecule has 5 heteroatoms. The van der Waals surface area contributed by atoms with Crippen molar-refractivity contribution in [3.8, 4) is 6.07 Å². The summed E-state index contributed by atoms with van der Waals surface area (Å²) in [6.07, 6.45) is 1.57. The second-order valence-electron chi connectivity index (χ2n) is 4.00. The van der Waals surface area contributed by atoms with Gasteiger partial charge in [-0.2, -0.15) is 5.26 Å². The SMILES string of the molecule is COC(=O)C(C/C(C#N)=C\c1ccccc1)C(=O)OC. The first kappa shape index (κ1) is 15.4. The number of hydrogen-bond donors (Lipinski definition) is 0. The number of methoxy groups -OCH3 is 2. The van der Waals surface area contributed by atoms with Gasteiger partial charge in [-0.25, -0.2) is 0 Å². The third-order valence-corrected chi connectivity index (χ3v) is 2.68. The molecule has 0 radical (unpaired) electrons. The number of carbonyl (C=O) groups is 2. The highest BCUT2D eigenvalue weighted by Gasteiger charge is 2.29. The molecule has 0 aliphatic carbocycles. The van der Waals surface area contributed by atoms with Gasteiger partial charge in [-0.3, -0.25) is 9.59 Å². The molecule has 1 aromatic carbocycles. The van der Waals surface area contributed by atoms with E-state index in [0.717, 1.165) is 5.56 Å². The number of nitrogens with zero attached hydrogens (tertiary/aromatic N) is 1. The number of allylic oxidation sites excluding steroid dienone is 1. The van der Waals surface area contributed by atoms with Crippen molar-refractivity contribution in [3.63, 3.8) is 0 Å². The fourth-order valence-corrected chi connectivity index (χ4v) is 1.65. The topological polar surface area (TPSA) is 76.4 Å². The van der Waals surface area contributed by atoms with Crippen molar-refractivity contribution >= 4 is 18.0 Å². The average Bonchev–Trinajstić information content (AvgIpc) is 2.50. The minimum absolute atomic E-state index is 0.0509. The van der Waals surface area contributed by atoms with Gasteiger partial charge < -0.3 is 9.47 Å². The maximum atomic E-state index is 11.6. The number of rotatable bonds is 5. The minimum Gasteiger partial charge on any atom is -0.468 e. The number of ether oxygens (including phenoxy) is 2. The zero-order chi connectivity index (χ0) is 15.0. The Kier molecular flexibility index (Phi) is 5.98. The third-order valence-electron chi connectivity index (χ3n) is 2.68. The van der Waals surface area contributed by atoms with Gasteiger partial charge >= 0.3 is 11.9 Å². The normalized spacial score (nSPS) is 10.8. The highest BCUT2D eigenvalue weighted by molar-refractivity contribution is 5.95. The Bertz CT molecular complexity index is 527. The average molecular weight is 273 g/mol. The van der Waals surface area contributed by atoms with Crippen molar-refractivity contribution in [2.24, 2.45) is 5.92 Å². The molecule has 0 spiro atoms. The maximum absolute atomic E-state index is 11.6. The van der Waals surface area contributed by atoms with Crippen LogP contribution in [-0.2, 0) is 19.1 Å². The summed E-state index contributed by atoms with van der Waals surface area (Å²) in [5, 5.41) is 9.12. The van der Waals surface area contributed by atoms with E-state index in [2.05, 4.69) is 9.47 Å². The summed E-state index contributed by atoms with van der Waals surface area (Å²) in [7, 11) is 2.37. The summed E-state index contributed by atoms with van der Waals surface area (Å²) >= 11 is 0. The molecule has 0 atom stereocenters. The number of nitriles is 1. The molecule has 0 saturated heterocycles. The molecule has 0 fully saturated rings. The van der Waals surface area contributed by atoms with Crippen LogP contribution in [0.15, 0.2) is 35.9 Å². The second-order valence-corrected chi connectivity index (χ2v) is 4.00. The van der Waals surface area contributed by atoms with E-state index < -0.39 is 17.9 Å². The van der Waals surface area contributed by atoms with Crippen LogP contribution in [-0.4, -0.2) is 26.2 Å². The van der Waals surface area contributed by atoms with Crippen LogP contribution < -0.4 is 0 Å². The van der Waals surface area contributed by atoms with Crippen molar-refractivity contribution < 1.29 is 19.1 Å². The van der Waals surface area contributed by atoms with Gasteiger partial charge in [0.25, 0.3) is 0 Å². The van der Waals surface area contributed by atoms with Gasteiger partial charge in [0.2, 0.25) is 0 Å². The zero-order valence-electron chi connectivity index (χ0n) is 11.3. The first-order valence-electron chi connectivity index (χ1n) is 5.93. The van der Waals surface area contributed by atoms with E-state index in [1.54, 1.807) is 6.08 Å². The van der Waals surface area contributed by atoms with Gasteiger partial charge in [0, 0.05) is 12.0 Å². The number of hydrogen-bond acceptors (Lipinski definition) is 5. The van der Waals surface area contributed by atoms with Crippen LogP contribution in [0.5, 0.6) is 0 Å². The molecular weight excluding hydrogens is 258 g/mol. The molecule has 0 N–H and O–H groups in total. The van der Waals surface area contributed by atoms with Gasteiger partial charge in [-0.05, 0) is 11.6 Å². The standard InChI is InChI=1S/C15H15NO4/c1-19-14(17)13(15(18)20-2)9-12(10-16)8-11-6-4-3-5-7-11/h3-8,13H,9H2,1-2H3/b12-8+. The van der Waals surface area contributed by atoms with E-state index in [1.165, 1.54) is 14.2 Å². The summed E-state index contributed by atoms with van der Waals surface area (Å²) in [5.74, 6) is -2.56. The molecule has 0 heterocycles. The molecule has 0 aliphatic heterocycles. The van der Waals surface area contributed by atoms with Crippen LogP contribution in [0.2, 0.25) is 0 Å². The first-order chi connectivity index (χ1) is 9.62. The van der Waals surface area contributed by atoms with E-state index in [4.69, 9.17) is 5.26 Å². The Morgan fingerprint density at radius 1 is 1.20 bits per heavy atom. The van der Waals surface area contributed by atoms with Crippen molar-refractivity contribution in [3.05, 3.63) is 41.5 Å². The summed E-state index contributed by atoms with van der Waals surface area (Å²) < 4.78 is 9.11. The van der Waals surface area contributed by atoms with E-state index >= 15 is 0 Å². The monoisotopic (exact) mass is 273 g/mol. The fraction of sp³-hybridized carbons (Fsp3) is 0.267. The minimum atomic E-state index is -1.13. The highest BCUT2D eigenvalue weighted by atomic mass is 16.5. The Labute approximate surface area is 117 Å². The lowest BCUT2D eigenvalue weighted by Gasteiger charge is -2.11. The summed E-state index contributed by atoms with van der Waals surface area (Å²) in [4.78, 5) is 23.1. The molecule has 20 heavy (non-hydrogen) atoms. The third kappa shape index (κ3) is 4.25. The number of carbonyl (C=O) groups excluding carboxylic acids is 2. The molecule has 0 bridgehead atoms. The van der Waals surface area contributed by atoms with Crippen LogP contribution in [0.25, 0.3) is 6.08 Å². The molecular formula is C15H15NO4. The summed E-state index contributed by atoms with van der Waals surface area (Å²) in [5.41, 5.74) is 1.12. The van der Waals surface area contributed by atoms with Crippen molar-refractivity contribution in [1.29, 1.82) is 5.26 Å². The van der Waals surface area contributed by atoms with Crippen LogP contribution in [0, 0.1) is 17.2 Å². The van der Waals surface area contributed by atoms with Gasteiger partial charge in [0.05, 0.1) is 20.3 Å². The Morgan fingerprint density at radius 2 is 1.75 bits per heavy atom. The highest BCUT2D eigenvalue weighted by Crippen LogP contribution is 2.17. The largest absolute Gasteiger partial charge is 0.468 e. The predicted octanol–water partition coefficient (Wildman–Crippen LogP) is 1.95. The lowest BCUT2D eigenvalue weighted by Crippen LogP contribution is -2.26. The van der Waals surface area contributed by atoms with Gasteiger partial charge in [-0.15, -0.1) is 0 Å². The van der Waals surface area contributed by atoms with E-state index in [1.807, 2.05) is 36.4 Å². The van der Waals surface area contributed by atoms with Crippen LogP contribution in [0.3, 0.4) is 0 Å². The number of benzene rings is 1. The lowest BCUT2D eigenvalue weighted by atomic mass is 9.98. The fourth-order valence-electron chi connectivity index (χ4n) is 1.65. The van der Waals surface area contributed by atoms with Crippen LogP contribution in [0.1, 0.15) is 12.0 Å². The second kappa shape index (κ2) is 7.74. The smallest absolute Gasteiger partial charge is 0.320 e. The Hall–Kier alpha value is -2.61. The molecule has 0 unspecified atom stereocenters. The van der Waals surface area contributed by atoms with Crippen LogP contribution >= 0.6 is 0 Å². The molecule has 5 nitrogen and oxygen atoms in total. The van der Waals surface area contributed by atoms with Crippen LogP contribution in [0.4, 0.5) is 0 Å². The lowest BCUT2D eigenvalue weighted by molar-refractivity contribution is -0.158. The van der Waals surface area contributed by atoms with Crippen molar-refractivity contribution in [1.82, 2.24) is 0 Å². The molecule has 0 amide bonds. The molecule has 0 aliphatic rings. The maximum Gasteiger partial charge on any atom is 0.320 e. The molecule has 104 valence electrons. The van der Waals surface area contributed by atoms with Gasteiger partial charge in [-0.1, -0.05) is 30.3 Å². The van der Waals surface area contributed by atoms with E-state index in [0.29, 0.717) is 5.57 Å². The molecule has 0 aromatic heterocycles. The van der Waals surface area contributed by atoms with E-state index in [9.17, 15) is 9.59 Å². The predicted molar refractivity (Wildman–Crippen MR) is 72.2 cm³/mol. The van der Waals surface area contributed by atoms with E-state index in [-0.39, 0.29) is 6.42 Å². The Balaban J connectivity index is 2.96. The van der Waals surface area contributed by atoms with Gasteiger partial charge in [0.1, 0.15) is 0 Å². The quantitative estimate of drug-likeness (QED) is 0.465. The number of esters is 2. The van der Waals surface area contributed by atoms with Crippen molar-refractivity contribution in [2.75, 3.05) is 14.2 Å². The molecule has 1 aromatic rings. The molecule has 1 rings (SSSR count). The molecule has 0 saturated carbocycles. The zero-order valence-corrected chi connectivity index (χ0v) is 11.3. The Morgan fingerprint density at radius 3 is 2.20 bits per heavy atom.